The molecule has 5 nitrogen and oxygen atoms in total. The Kier molecular flexibility index (Phi) is 5.54. The highest BCUT2D eigenvalue weighted by molar-refractivity contribution is 8.24. The van der Waals surface area contributed by atoms with Gasteiger partial charge in [-0.05, 0) is 31.9 Å². The predicted molar refractivity (Wildman–Crippen MR) is 98.7 cm³/mol. The number of carbonyl (C=O) groups excluding carboxylic acids is 1. The molecule has 0 unspecified atom stereocenters. The van der Waals surface area contributed by atoms with Gasteiger partial charge in [0.2, 0.25) is 0 Å². The number of para-hydroxylation sites is 1. The van der Waals surface area contributed by atoms with E-state index in [1.807, 2.05) is 36.9 Å². The Morgan fingerprint density at radius 3 is 2.61 bits per heavy atom. The van der Waals surface area contributed by atoms with E-state index in [9.17, 15) is 10.0 Å². The average molecular weight is 354 g/mol. The highest BCUT2D eigenvalue weighted by atomic mass is 32.2. The maximum absolute atomic E-state index is 12.4. The molecule has 0 aromatic heterocycles. The number of benzene rings is 1. The maximum Gasteiger partial charge on any atom is 0.347 e. The summed E-state index contributed by atoms with van der Waals surface area (Å²) >= 11 is 6.95. The van der Waals surface area contributed by atoms with Gasteiger partial charge in [-0.15, -0.1) is 0 Å². The largest absolute Gasteiger partial charge is 0.347 e. The van der Waals surface area contributed by atoms with E-state index >= 15 is 0 Å². The average Bonchev–Trinajstić information content (AvgIpc) is 2.67. The fourth-order valence-electron chi connectivity index (χ4n) is 2.62. The first kappa shape index (κ1) is 18.0. The van der Waals surface area contributed by atoms with E-state index in [1.54, 1.807) is 12.1 Å². The highest BCUT2D eigenvalue weighted by Gasteiger charge is 2.49. The molecule has 2 rings (SSSR count). The molecule has 1 atom stereocenters. The molecule has 1 heterocycles. The number of rotatable bonds is 4. The number of amides is 2. The molecule has 126 valence electrons. The van der Waals surface area contributed by atoms with Crippen molar-refractivity contribution in [2.45, 2.75) is 38.6 Å². The van der Waals surface area contributed by atoms with Gasteiger partial charge in [-0.3, -0.25) is 5.21 Å². The van der Waals surface area contributed by atoms with E-state index in [0.717, 1.165) is 5.06 Å². The lowest BCUT2D eigenvalue weighted by atomic mass is 10.1. The van der Waals surface area contributed by atoms with Crippen LogP contribution in [0.25, 0.3) is 0 Å². The van der Waals surface area contributed by atoms with Crippen LogP contribution in [0.2, 0.25) is 0 Å². The molecule has 1 aliphatic rings. The second-order valence-corrected chi connectivity index (χ2v) is 8.82. The molecule has 0 radical (unpaired) electrons. The van der Waals surface area contributed by atoms with Gasteiger partial charge in [-0.1, -0.05) is 56.0 Å². The SMILES string of the molecule is CC(C)CN1C(=S)SC(C)(C)[C@H]1N(O)C(=O)Nc1ccccc1. The normalized spacial score (nSPS) is 20.0. The zero-order valence-corrected chi connectivity index (χ0v) is 15.4. The van der Waals surface area contributed by atoms with E-state index in [1.165, 1.54) is 11.8 Å². The van der Waals surface area contributed by atoms with Crippen molar-refractivity contribution in [3.63, 3.8) is 0 Å². The molecule has 0 aliphatic carbocycles. The topological polar surface area (TPSA) is 55.8 Å². The van der Waals surface area contributed by atoms with E-state index in [2.05, 4.69) is 19.2 Å². The van der Waals surface area contributed by atoms with E-state index in [0.29, 0.717) is 22.5 Å². The first-order valence-corrected chi connectivity index (χ1v) is 8.78. The number of nitrogens with zero attached hydrogens (tertiary/aromatic N) is 2. The molecule has 0 saturated carbocycles. The van der Waals surface area contributed by atoms with Crippen LogP contribution >= 0.6 is 24.0 Å². The fourth-order valence-corrected chi connectivity index (χ4v) is 4.51. The number of hydrogen-bond donors (Lipinski definition) is 2. The number of hydroxylamine groups is 2. The molecular weight excluding hydrogens is 330 g/mol. The van der Waals surface area contributed by atoms with Crippen LogP contribution < -0.4 is 5.32 Å². The minimum atomic E-state index is -0.562. The third kappa shape index (κ3) is 4.16. The van der Waals surface area contributed by atoms with E-state index < -0.39 is 16.9 Å². The Labute approximate surface area is 147 Å². The van der Waals surface area contributed by atoms with Crippen LogP contribution in [0, 0.1) is 5.92 Å². The predicted octanol–water partition coefficient (Wildman–Crippen LogP) is 4.00. The van der Waals surface area contributed by atoms with Crippen molar-refractivity contribution in [1.82, 2.24) is 9.96 Å². The summed E-state index contributed by atoms with van der Waals surface area (Å²) in [7, 11) is 0. The molecule has 1 aromatic carbocycles. The van der Waals surface area contributed by atoms with Gasteiger partial charge in [0.05, 0.1) is 4.75 Å². The van der Waals surface area contributed by atoms with Crippen LogP contribution in [-0.2, 0) is 0 Å². The summed E-state index contributed by atoms with van der Waals surface area (Å²) in [6.45, 7) is 8.82. The third-order valence-corrected chi connectivity index (χ3v) is 5.16. The van der Waals surface area contributed by atoms with Gasteiger partial charge in [0.1, 0.15) is 10.5 Å². The Balaban J connectivity index is 2.18. The first-order valence-electron chi connectivity index (χ1n) is 7.56. The molecule has 1 saturated heterocycles. The van der Waals surface area contributed by atoms with Crippen molar-refractivity contribution >= 4 is 40.0 Å². The van der Waals surface area contributed by atoms with Gasteiger partial charge in [0.15, 0.2) is 0 Å². The lowest BCUT2D eigenvalue weighted by Crippen LogP contribution is -2.56. The fraction of sp³-hybridized carbons (Fsp3) is 0.500. The third-order valence-electron chi connectivity index (χ3n) is 3.53. The number of hydrogen-bond acceptors (Lipinski definition) is 4. The maximum atomic E-state index is 12.4. The van der Waals surface area contributed by atoms with Crippen LogP contribution in [0.4, 0.5) is 10.5 Å². The minimum absolute atomic E-state index is 0.371. The number of thiocarbonyl (C=S) groups is 1. The zero-order valence-electron chi connectivity index (χ0n) is 13.8. The van der Waals surface area contributed by atoms with Gasteiger partial charge in [0, 0.05) is 12.2 Å². The second kappa shape index (κ2) is 7.07. The number of thioether (sulfide) groups is 1. The monoisotopic (exact) mass is 353 g/mol. The van der Waals surface area contributed by atoms with E-state index in [-0.39, 0.29) is 0 Å². The summed E-state index contributed by atoms with van der Waals surface area (Å²) in [4.78, 5) is 14.3. The Hall–Kier alpha value is -1.31. The summed E-state index contributed by atoms with van der Waals surface area (Å²) in [5, 5.41) is 14.0. The second-order valence-electron chi connectivity index (χ2n) is 6.53. The van der Waals surface area contributed by atoms with Crippen LogP contribution in [0.3, 0.4) is 0 Å². The molecular formula is C16H23N3O2S2. The van der Waals surface area contributed by atoms with Crippen molar-refractivity contribution in [1.29, 1.82) is 0 Å². The van der Waals surface area contributed by atoms with Crippen molar-refractivity contribution in [3.05, 3.63) is 30.3 Å². The van der Waals surface area contributed by atoms with E-state index in [4.69, 9.17) is 12.2 Å². The van der Waals surface area contributed by atoms with Crippen molar-refractivity contribution in [2.24, 2.45) is 5.92 Å². The van der Waals surface area contributed by atoms with Gasteiger partial charge in [-0.2, -0.15) is 5.06 Å². The first-order chi connectivity index (χ1) is 10.7. The molecule has 23 heavy (non-hydrogen) atoms. The van der Waals surface area contributed by atoms with Crippen molar-refractivity contribution in [2.75, 3.05) is 11.9 Å². The molecule has 2 amide bonds. The van der Waals surface area contributed by atoms with Crippen LogP contribution in [-0.4, -0.2) is 43.0 Å². The zero-order chi connectivity index (χ0) is 17.2. The lowest BCUT2D eigenvalue weighted by Gasteiger charge is -2.37. The van der Waals surface area contributed by atoms with Crippen molar-refractivity contribution in [3.8, 4) is 0 Å². The Bertz CT molecular complexity index is 578. The molecule has 2 N–H and O–H groups in total. The highest BCUT2D eigenvalue weighted by Crippen LogP contribution is 2.42. The summed E-state index contributed by atoms with van der Waals surface area (Å²) in [6, 6.07) is 8.51. The summed E-state index contributed by atoms with van der Waals surface area (Å²) in [6.07, 6.45) is -0.508. The Morgan fingerprint density at radius 1 is 1.43 bits per heavy atom. The van der Waals surface area contributed by atoms with Crippen LogP contribution in [0.15, 0.2) is 30.3 Å². The molecule has 1 aromatic rings. The summed E-state index contributed by atoms with van der Waals surface area (Å²) in [5.41, 5.74) is 0.637. The van der Waals surface area contributed by atoms with Gasteiger partial charge >= 0.3 is 6.03 Å². The van der Waals surface area contributed by atoms with Gasteiger partial charge in [-0.25, -0.2) is 4.79 Å². The lowest BCUT2D eigenvalue weighted by molar-refractivity contribution is -0.115. The standard InChI is InChI=1S/C16H23N3O2S2/c1-11(2)10-18-13(16(3,4)23-15(18)22)19(21)14(20)17-12-8-6-5-7-9-12/h5-9,11,13,21H,10H2,1-4H3,(H,17,20)/t13-/m1/s1. The van der Waals surface area contributed by atoms with Crippen LogP contribution in [0.5, 0.6) is 0 Å². The Morgan fingerprint density at radius 2 is 2.04 bits per heavy atom. The number of anilines is 1. The van der Waals surface area contributed by atoms with Gasteiger partial charge < -0.3 is 10.2 Å². The van der Waals surface area contributed by atoms with Crippen LogP contribution in [0.1, 0.15) is 27.7 Å². The number of urea groups is 1. The van der Waals surface area contributed by atoms with Crippen molar-refractivity contribution < 1.29 is 10.0 Å². The van der Waals surface area contributed by atoms with Gasteiger partial charge in [0.25, 0.3) is 0 Å². The molecule has 7 heteroatoms. The number of nitrogens with one attached hydrogen (secondary N) is 1. The minimum Gasteiger partial charge on any atom is -0.333 e. The summed E-state index contributed by atoms with van der Waals surface area (Å²) in [5.74, 6) is 0.371. The molecule has 1 fully saturated rings. The molecule has 0 spiro atoms. The number of carbonyl (C=O) groups is 1. The molecule has 1 aliphatic heterocycles. The smallest absolute Gasteiger partial charge is 0.333 e. The summed E-state index contributed by atoms with van der Waals surface area (Å²) < 4.78 is 0.314. The molecule has 0 bridgehead atoms. The quantitative estimate of drug-likeness (QED) is 0.487.